The highest BCUT2D eigenvalue weighted by Crippen LogP contribution is 2.22. The van der Waals surface area contributed by atoms with Crippen molar-refractivity contribution in [2.45, 2.75) is 37.4 Å². The van der Waals surface area contributed by atoms with E-state index in [0.717, 1.165) is 4.57 Å². The smallest absolute Gasteiger partial charge is 0.351 e. The lowest BCUT2D eigenvalue weighted by Crippen LogP contribution is -2.59. The molecule has 10 nitrogen and oxygen atoms in total. The normalized spacial score (nSPS) is 33.0. The molecule has 118 valence electrons. The quantitative estimate of drug-likeness (QED) is 0.382. The number of aliphatic hydroxyl groups excluding tert-OH is 4. The lowest BCUT2D eigenvalue weighted by molar-refractivity contribution is -0.308. The second-order valence-electron chi connectivity index (χ2n) is 4.60. The van der Waals surface area contributed by atoms with E-state index in [2.05, 4.69) is 4.98 Å². The molecule has 10 heteroatoms. The van der Waals surface area contributed by atoms with Crippen molar-refractivity contribution in [2.24, 2.45) is 0 Å². The van der Waals surface area contributed by atoms with Gasteiger partial charge in [-0.25, -0.2) is 4.79 Å². The van der Waals surface area contributed by atoms with Crippen molar-refractivity contribution >= 4 is 5.82 Å². The number of aromatic nitrogens is 2. The van der Waals surface area contributed by atoms with Crippen LogP contribution in [-0.2, 0) is 16.2 Å². The van der Waals surface area contributed by atoms with Crippen molar-refractivity contribution in [2.75, 3.05) is 12.3 Å². The van der Waals surface area contributed by atoms with E-state index in [1.165, 1.54) is 12.3 Å². The molecule has 1 aliphatic heterocycles. The molecule has 1 unspecified atom stereocenters. The largest absolute Gasteiger partial charge is 0.394 e. The number of rotatable bonds is 4. The summed E-state index contributed by atoms with van der Waals surface area (Å²) in [6.07, 6.45) is -5.58. The summed E-state index contributed by atoms with van der Waals surface area (Å²) in [6, 6.07) is 1.39. The maximum Gasteiger partial charge on any atom is 0.351 e. The Morgan fingerprint density at radius 1 is 1.33 bits per heavy atom. The molecule has 0 aliphatic carbocycles. The van der Waals surface area contributed by atoms with Crippen molar-refractivity contribution in [3.8, 4) is 0 Å². The fourth-order valence-electron chi connectivity index (χ4n) is 1.90. The predicted octanol–water partition coefficient (Wildman–Crippen LogP) is -3.40. The first-order valence-corrected chi connectivity index (χ1v) is 6.19. The molecule has 2 rings (SSSR count). The molecule has 2 heterocycles. The van der Waals surface area contributed by atoms with Crippen LogP contribution in [0.15, 0.2) is 17.1 Å². The van der Waals surface area contributed by atoms with E-state index in [1.807, 2.05) is 0 Å². The van der Waals surface area contributed by atoms with Crippen LogP contribution in [0.25, 0.3) is 0 Å². The molecule has 0 saturated carbocycles. The van der Waals surface area contributed by atoms with E-state index in [4.69, 9.17) is 20.3 Å². The van der Waals surface area contributed by atoms with Gasteiger partial charge in [0.1, 0.15) is 37.0 Å². The number of anilines is 1. The highest BCUT2D eigenvalue weighted by Gasteiger charge is 2.44. The standard InChI is InChI=1S/C11H17N3O7/c12-6-1-2-14(11(19)13-6)4-20-10-9(18)8(17)7(16)5(3-15)21-10/h1-2,5,7-10,15-18H,3-4H2,(H2,12,13,19)/t5-,7-,8+,9-,10?/m1/s1. The van der Waals surface area contributed by atoms with E-state index < -0.39 is 43.0 Å². The Morgan fingerprint density at radius 2 is 2.05 bits per heavy atom. The maximum atomic E-state index is 11.5. The molecule has 1 aromatic heterocycles. The minimum atomic E-state index is -1.54. The Morgan fingerprint density at radius 3 is 2.67 bits per heavy atom. The van der Waals surface area contributed by atoms with Crippen molar-refractivity contribution in [3.05, 3.63) is 22.7 Å². The Balaban J connectivity index is 2.03. The van der Waals surface area contributed by atoms with Crippen molar-refractivity contribution in [3.63, 3.8) is 0 Å². The van der Waals surface area contributed by atoms with Crippen LogP contribution in [0.3, 0.4) is 0 Å². The van der Waals surface area contributed by atoms with Crippen molar-refractivity contribution in [1.29, 1.82) is 0 Å². The molecule has 1 fully saturated rings. The summed E-state index contributed by atoms with van der Waals surface area (Å²) in [7, 11) is 0. The van der Waals surface area contributed by atoms with Crippen molar-refractivity contribution in [1.82, 2.24) is 9.55 Å². The van der Waals surface area contributed by atoms with Gasteiger partial charge in [0.2, 0.25) is 0 Å². The Labute approximate surface area is 119 Å². The van der Waals surface area contributed by atoms with Gasteiger partial charge in [-0.1, -0.05) is 0 Å². The van der Waals surface area contributed by atoms with E-state index >= 15 is 0 Å². The SMILES string of the molecule is Nc1ccn(COC2O[C@H](CO)[C@@H](O)[C@H](O)[C@H]2O)c(=O)n1. The first kappa shape index (κ1) is 15.8. The number of nitrogens with two attached hydrogens (primary N) is 1. The molecular formula is C11H17N3O7. The van der Waals surface area contributed by atoms with Crippen LogP contribution >= 0.6 is 0 Å². The number of hydrogen-bond donors (Lipinski definition) is 5. The third-order valence-electron chi connectivity index (χ3n) is 3.12. The molecule has 5 atom stereocenters. The first-order valence-electron chi connectivity index (χ1n) is 6.19. The van der Waals surface area contributed by atoms with Gasteiger partial charge in [-0.2, -0.15) is 4.98 Å². The van der Waals surface area contributed by atoms with E-state index in [0.29, 0.717) is 0 Å². The monoisotopic (exact) mass is 303 g/mol. The molecule has 21 heavy (non-hydrogen) atoms. The molecule has 0 aromatic carbocycles. The van der Waals surface area contributed by atoms with Crippen LogP contribution in [0.2, 0.25) is 0 Å². The van der Waals surface area contributed by atoms with E-state index in [-0.39, 0.29) is 12.5 Å². The zero-order chi connectivity index (χ0) is 15.6. The molecular weight excluding hydrogens is 286 g/mol. The highest BCUT2D eigenvalue weighted by molar-refractivity contribution is 5.23. The fourth-order valence-corrected chi connectivity index (χ4v) is 1.90. The summed E-state index contributed by atoms with van der Waals surface area (Å²) in [5.41, 5.74) is 4.69. The number of nitrogens with zero attached hydrogens (tertiary/aromatic N) is 2. The Bertz CT molecular complexity index is 535. The average Bonchev–Trinajstić information content (AvgIpc) is 2.46. The first-order chi connectivity index (χ1) is 9.93. The summed E-state index contributed by atoms with van der Waals surface area (Å²) in [5, 5.41) is 38.0. The number of aliphatic hydroxyl groups is 4. The third-order valence-corrected chi connectivity index (χ3v) is 3.12. The van der Waals surface area contributed by atoms with Gasteiger partial charge in [0.15, 0.2) is 6.29 Å². The fraction of sp³-hybridized carbons (Fsp3) is 0.636. The zero-order valence-electron chi connectivity index (χ0n) is 10.9. The zero-order valence-corrected chi connectivity index (χ0v) is 10.9. The lowest BCUT2D eigenvalue weighted by Gasteiger charge is -2.39. The second kappa shape index (κ2) is 6.47. The molecule has 6 N–H and O–H groups in total. The molecule has 1 aliphatic rings. The summed E-state index contributed by atoms with van der Waals surface area (Å²) in [5.74, 6) is 0.0593. The third kappa shape index (κ3) is 3.37. The molecule has 0 bridgehead atoms. The van der Waals surface area contributed by atoms with Crippen LogP contribution in [0.4, 0.5) is 5.82 Å². The van der Waals surface area contributed by atoms with Crippen LogP contribution in [0, 0.1) is 0 Å². The number of ether oxygens (including phenoxy) is 2. The molecule has 1 aromatic rings. The number of nitrogen functional groups attached to an aromatic ring is 1. The summed E-state index contributed by atoms with van der Waals surface area (Å²) in [6.45, 7) is -0.872. The van der Waals surface area contributed by atoms with Crippen LogP contribution in [-0.4, -0.2) is 67.3 Å². The van der Waals surface area contributed by atoms with Crippen LogP contribution in [0.5, 0.6) is 0 Å². The van der Waals surface area contributed by atoms with Gasteiger partial charge in [-0.3, -0.25) is 4.57 Å². The van der Waals surface area contributed by atoms with E-state index in [1.54, 1.807) is 0 Å². The number of hydrogen-bond acceptors (Lipinski definition) is 9. The minimum absolute atomic E-state index is 0.0593. The second-order valence-corrected chi connectivity index (χ2v) is 4.60. The van der Waals surface area contributed by atoms with Gasteiger partial charge in [-0.05, 0) is 6.07 Å². The highest BCUT2D eigenvalue weighted by atomic mass is 16.7. The topological polar surface area (TPSA) is 160 Å². The molecule has 0 spiro atoms. The van der Waals surface area contributed by atoms with Gasteiger partial charge in [-0.15, -0.1) is 0 Å². The van der Waals surface area contributed by atoms with Gasteiger partial charge in [0, 0.05) is 6.20 Å². The van der Waals surface area contributed by atoms with Gasteiger partial charge in [0.25, 0.3) is 0 Å². The molecule has 1 saturated heterocycles. The van der Waals surface area contributed by atoms with Gasteiger partial charge < -0.3 is 35.6 Å². The van der Waals surface area contributed by atoms with Crippen LogP contribution < -0.4 is 11.4 Å². The summed E-state index contributed by atoms with van der Waals surface area (Å²) in [4.78, 5) is 15.0. The van der Waals surface area contributed by atoms with E-state index in [9.17, 15) is 20.1 Å². The molecule has 0 amide bonds. The lowest BCUT2D eigenvalue weighted by atomic mass is 9.99. The van der Waals surface area contributed by atoms with Gasteiger partial charge in [0.05, 0.1) is 6.61 Å². The van der Waals surface area contributed by atoms with Crippen molar-refractivity contribution < 1.29 is 29.9 Å². The summed E-state index contributed by atoms with van der Waals surface area (Å²) < 4.78 is 11.4. The predicted molar refractivity (Wildman–Crippen MR) is 67.8 cm³/mol. The minimum Gasteiger partial charge on any atom is -0.394 e. The Kier molecular flexibility index (Phi) is 4.88. The van der Waals surface area contributed by atoms with Gasteiger partial charge >= 0.3 is 5.69 Å². The van der Waals surface area contributed by atoms with Crippen LogP contribution in [0.1, 0.15) is 0 Å². The average molecular weight is 303 g/mol. The maximum absolute atomic E-state index is 11.5. The summed E-state index contributed by atoms with van der Waals surface area (Å²) >= 11 is 0. The molecule has 0 radical (unpaired) electrons. The Hall–Kier alpha value is -1.56.